The number of carbonyl (C=O) groups excluding carboxylic acids is 2. The predicted octanol–water partition coefficient (Wildman–Crippen LogP) is 2.79. The van der Waals surface area contributed by atoms with Crippen molar-refractivity contribution in [2.75, 3.05) is 12.4 Å². The number of hydrogen-bond donors (Lipinski definition) is 1. The zero-order valence-electron chi connectivity index (χ0n) is 13.3. The minimum Gasteiger partial charge on any atom is -0.493 e. The third kappa shape index (κ3) is 4.11. The Bertz CT molecular complexity index is 796. The van der Waals surface area contributed by atoms with Gasteiger partial charge in [-0.1, -0.05) is 6.07 Å². The molecule has 2 aromatic rings. The third-order valence-electron chi connectivity index (χ3n) is 3.26. The van der Waals surface area contributed by atoms with Crippen LogP contribution in [0.1, 0.15) is 22.8 Å². The molecule has 0 aliphatic rings. The Morgan fingerprint density at radius 1 is 1.25 bits per heavy atom. The molecule has 2 rings (SSSR count). The number of nitrogens with one attached hydrogen (secondary N) is 1. The lowest BCUT2D eigenvalue weighted by Crippen LogP contribution is -2.30. The number of hydrogen-bond acceptors (Lipinski definition) is 5. The number of anilines is 1. The summed E-state index contributed by atoms with van der Waals surface area (Å²) in [6, 6.07) is 13.3. The number of rotatable bonds is 6. The summed E-state index contributed by atoms with van der Waals surface area (Å²) in [7, 11) is 1.47. The Morgan fingerprint density at radius 2 is 2.04 bits per heavy atom. The minimum absolute atomic E-state index is 0.301. The molecule has 1 amide bonds. The van der Waals surface area contributed by atoms with Gasteiger partial charge < -0.3 is 14.8 Å². The number of ether oxygens (including phenoxy) is 2. The first-order valence-corrected chi connectivity index (χ1v) is 7.18. The molecule has 2 aromatic carbocycles. The molecular formula is C18H16N2O4. The van der Waals surface area contributed by atoms with Gasteiger partial charge in [-0.3, -0.25) is 9.59 Å². The van der Waals surface area contributed by atoms with E-state index >= 15 is 0 Å². The Labute approximate surface area is 139 Å². The summed E-state index contributed by atoms with van der Waals surface area (Å²) in [5, 5.41) is 11.6. The standard InChI is InChI=1S/C18H16N2O4/c1-12(18(22)20-15-5-3-4-13(8-15)10-19)24-17-9-14(11-21)6-7-16(17)23-2/h3-9,11-12H,1-2H3,(H,20,22)/t12-/m0/s1. The molecule has 0 fully saturated rings. The molecule has 0 unspecified atom stereocenters. The van der Waals surface area contributed by atoms with Gasteiger partial charge in [0.1, 0.15) is 6.29 Å². The zero-order chi connectivity index (χ0) is 17.5. The summed E-state index contributed by atoms with van der Waals surface area (Å²) in [6.07, 6.45) is -0.142. The fourth-order valence-electron chi connectivity index (χ4n) is 2.01. The number of nitriles is 1. The second kappa shape index (κ2) is 7.79. The van der Waals surface area contributed by atoms with Crippen LogP contribution in [-0.2, 0) is 4.79 Å². The van der Waals surface area contributed by atoms with E-state index in [9.17, 15) is 9.59 Å². The van der Waals surface area contributed by atoms with Crippen LogP contribution in [0.15, 0.2) is 42.5 Å². The summed E-state index contributed by atoms with van der Waals surface area (Å²) in [5.74, 6) is 0.339. The lowest BCUT2D eigenvalue weighted by Gasteiger charge is -2.17. The first-order chi connectivity index (χ1) is 11.6. The van der Waals surface area contributed by atoms with E-state index in [1.165, 1.54) is 13.2 Å². The van der Waals surface area contributed by atoms with E-state index in [1.807, 2.05) is 6.07 Å². The molecule has 0 saturated heterocycles. The van der Waals surface area contributed by atoms with Gasteiger partial charge in [-0.15, -0.1) is 0 Å². The Balaban J connectivity index is 2.11. The zero-order valence-corrected chi connectivity index (χ0v) is 13.3. The van der Waals surface area contributed by atoms with Crippen molar-refractivity contribution in [3.05, 3.63) is 53.6 Å². The molecule has 1 N–H and O–H groups in total. The summed E-state index contributed by atoms with van der Waals surface area (Å²) in [5.41, 5.74) is 1.37. The maximum absolute atomic E-state index is 12.2. The van der Waals surface area contributed by atoms with Gasteiger partial charge in [-0.2, -0.15) is 5.26 Å². The SMILES string of the molecule is COc1ccc(C=O)cc1O[C@@H](C)C(=O)Nc1cccc(C#N)c1. The molecule has 24 heavy (non-hydrogen) atoms. The van der Waals surface area contributed by atoms with E-state index in [-0.39, 0.29) is 5.91 Å². The van der Waals surface area contributed by atoms with Crippen molar-refractivity contribution in [1.29, 1.82) is 5.26 Å². The highest BCUT2D eigenvalue weighted by Crippen LogP contribution is 2.28. The van der Waals surface area contributed by atoms with Crippen LogP contribution in [0.2, 0.25) is 0 Å². The Morgan fingerprint density at radius 3 is 2.71 bits per heavy atom. The summed E-state index contributed by atoms with van der Waals surface area (Å²) in [4.78, 5) is 23.1. The fraction of sp³-hybridized carbons (Fsp3) is 0.167. The van der Waals surface area contributed by atoms with E-state index in [1.54, 1.807) is 43.3 Å². The monoisotopic (exact) mass is 324 g/mol. The summed E-state index contributed by atoms with van der Waals surface area (Å²) in [6.45, 7) is 1.58. The van der Waals surface area contributed by atoms with Gasteiger partial charge in [0.25, 0.3) is 5.91 Å². The van der Waals surface area contributed by atoms with Crippen LogP contribution in [-0.4, -0.2) is 25.4 Å². The lowest BCUT2D eigenvalue weighted by molar-refractivity contribution is -0.122. The van der Waals surface area contributed by atoms with E-state index in [2.05, 4.69) is 5.32 Å². The van der Waals surface area contributed by atoms with Crippen molar-refractivity contribution in [1.82, 2.24) is 0 Å². The molecule has 6 heteroatoms. The molecule has 0 heterocycles. The highest BCUT2D eigenvalue weighted by Gasteiger charge is 2.17. The molecule has 0 radical (unpaired) electrons. The fourth-order valence-corrected chi connectivity index (χ4v) is 2.01. The molecule has 0 aromatic heterocycles. The first kappa shape index (κ1) is 17.0. The van der Waals surface area contributed by atoms with Crippen molar-refractivity contribution in [2.45, 2.75) is 13.0 Å². The lowest BCUT2D eigenvalue weighted by atomic mass is 10.2. The summed E-state index contributed by atoms with van der Waals surface area (Å²) >= 11 is 0. The smallest absolute Gasteiger partial charge is 0.265 e. The van der Waals surface area contributed by atoms with Crippen molar-refractivity contribution in [3.8, 4) is 17.6 Å². The molecule has 0 bridgehead atoms. The number of carbonyl (C=O) groups is 2. The van der Waals surface area contributed by atoms with Gasteiger partial charge in [-0.05, 0) is 43.3 Å². The van der Waals surface area contributed by atoms with E-state index in [0.29, 0.717) is 34.6 Å². The quantitative estimate of drug-likeness (QED) is 0.825. The van der Waals surface area contributed by atoms with Crippen LogP contribution in [0.25, 0.3) is 0 Å². The maximum Gasteiger partial charge on any atom is 0.265 e. The largest absolute Gasteiger partial charge is 0.493 e. The predicted molar refractivity (Wildman–Crippen MR) is 88.3 cm³/mol. The molecule has 122 valence electrons. The maximum atomic E-state index is 12.2. The molecule has 0 spiro atoms. The van der Waals surface area contributed by atoms with Crippen LogP contribution < -0.4 is 14.8 Å². The van der Waals surface area contributed by atoms with Gasteiger partial charge in [0, 0.05) is 11.3 Å². The van der Waals surface area contributed by atoms with E-state index < -0.39 is 6.10 Å². The van der Waals surface area contributed by atoms with Crippen molar-refractivity contribution < 1.29 is 19.1 Å². The molecular weight excluding hydrogens is 308 g/mol. The van der Waals surface area contributed by atoms with E-state index in [0.717, 1.165) is 0 Å². The van der Waals surface area contributed by atoms with Gasteiger partial charge in [-0.25, -0.2) is 0 Å². The molecule has 1 atom stereocenters. The average molecular weight is 324 g/mol. The highest BCUT2D eigenvalue weighted by molar-refractivity contribution is 5.94. The number of methoxy groups -OCH3 is 1. The first-order valence-electron chi connectivity index (χ1n) is 7.18. The molecule has 0 aliphatic heterocycles. The summed E-state index contributed by atoms with van der Waals surface area (Å²) < 4.78 is 10.8. The van der Waals surface area contributed by atoms with Crippen molar-refractivity contribution in [2.24, 2.45) is 0 Å². The minimum atomic E-state index is -0.827. The average Bonchev–Trinajstić information content (AvgIpc) is 2.61. The van der Waals surface area contributed by atoms with Crippen LogP contribution in [0.5, 0.6) is 11.5 Å². The van der Waals surface area contributed by atoms with E-state index in [4.69, 9.17) is 14.7 Å². The second-order valence-electron chi connectivity index (χ2n) is 4.97. The normalized spacial score (nSPS) is 11.0. The number of amides is 1. The molecule has 0 saturated carbocycles. The Kier molecular flexibility index (Phi) is 5.53. The second-order valence-corrected chi connectivity index (χ2v) is 4.97. The highest BCUT2D eigenvalue weighted by atomic mass is 16.5. The van der Waals surface area contributed by atoms with Crippen LogP contribution in [0, 0.1) is 11.3 Å². The topological polar surface area (TPSA) is 88.4 Å². The van der Waals surface area contributed by atoms with Gasteiger partial charge >= 0.3 is 0 Å². The number of nitrogens with zero attached hydrogens (tertiary/aromatic N) is 1. The van der Waals surface area contributed by atoms with Crippen LogP contribution in [0.3, 0.4) is 0 Å². The third-order valence-corrected chi connectivity index (χ3v) is 3.26. The van der Waals surface area contributed by atoms with Gasteiger partial charge in [0.05, 0.1) is 18.7 Å². The van der Waals surface area contributed by atoms with Crippen LogP contribution in [0.4, 0.5) is 5.69 Å². The van der Waals surface area contributed by atoms with Crippen molar-refractivity contribution >= 4 is 17.9 Å². The Hall–Kier alpha value is -3.33. The van der Waals surface area contributed by atoms with Gasteiger partial charge in [0.2, 0.25) is 0 Å². The molecule has 6 nitrogen and oxygen atoms in total. The van der Waals surface area contributed by atoms with Gasteiger partial charge in [0.15, 0.2) is 17.6 Å². The van der Waals surface area contributed by atoms with Crippen molar-refractivity contribution in [3.63, 3.8) is 0 Å². The number of aldehydes is 1. The molecule has 0 aliphatic carbocycles. The number of benzene rings is 2. The van der Waals surface area contributed by atoms with Crippen LogP contribution >= 0.6 is 0 Å².